The van der Waals surface area contributed by atoms with Gasteiger partial charge in [0.25, 0.3) is 0 Å². The zero-order valence-electron chi connectivity index (χ0n) is 12.5. The van der Waals surface area contributed by atoms with Gasteiger partial charge in [0.15, 0.2) is 0 Å². The molecule has 0 bridgehead atoms. The molecule has 0 fully saturated rings. The number of nitrogens with zero attached hydrogens (tertiary/aromatic N) is 4. The predicted molar refractivity (Wildman–Crippen MR) is 87.3 cm³/mol. The normalized spacial score (nSPS) is 10.3. The molecule has 14 nitrogen and oxygen atoms in total. The van der Waals surface area contributed by atoms with Gasteiger partial charge in [0.05, 0.1) is 30.8 Å². The van der Waals surface area contributed by atoms with Crippen LogP contribution in [-0.2, 0) is 0 Å². The summed E-state index contributed by atoms with van der Waals surface area (Å²) in [4.78, 5) is 40.5. The molecular weight excluding hydrogens is 356 g/mol. The zero-order valence-corrected chi connectivity index (χ0v) is 12.5. The molecular formula is C12H8N6O8. The fourth-order valence-corrected chi connectivity index (χ4v) is 2.38. The van der Waals surface area contributed by atoms with E-state index in [1.54, 1.807) is 0 Å². The van der Waals surface area contributed by atoms with Crippen molar-refractivity contribution in [2.24, 2.45) is 0 Å². The lowest BCUT2D eigenvalue weighted by atomic mass is 9.98. The smallest absolute Gasteiger partial charge is 0.369 e. The molecule has 0 radical (unpaired) electrons. The highest BCUT2D eigenvalue weighted by Crippen LogP contribution is 2.47. The van der Waals surface area contributed by atoms with Crippen molar-refractivity contribution in [1.29, 1.82) is 0 Å². The molecule has 0 aromatic heterocycles. The average Bonchev–Trinajstić information content (AvgIpc) is 2.53. The van der Waals surface area contributed by atoms with E-state index in [9.17, 15) is 40.5 Å². The van der Waals surface area contributed by atoms with Crippen LogP contribution in [0, 0.1) is 40.5 Å². The van der Waals surface area contributed by atoms with E-state index in [1.807, 2.05) is 0 Å². The minimum Gasteiger partial charge on any atom is -0.393 e. The molecule has 0 aliphatic carbocycles. The molecule has 2 aromatic rings. The highest BCUT2D eigenvalue weighted by molar-refractivity contribution is 5.92. The van der Waals surface area contributed by atoms with Crippen LogP contribution in [0.5, 0.6) is 0 Å². The number of nitro benzene ring substituents is 4. The molecule has 14 heteroatoms. The summed E-state index contributed by atoms with van der Waals surface area (Å²) in [7, 11) is 0. The average molecular weight is 364 g/mol. The Balaban J connectivity index is 3.03. The zero-order chi connectivity index (χ0) is 19.8. The van der Waals surface area contributed by atoms with Gasteiger partial charge in [-0.25, -0.2) is 0 Å². The Morgan fingerprint density at radius 1 is 0.538 bits per heavy atom. The van der Waals surface area contributed by atoms with Gasteiger partial charge in [-0.1, -0.05) is 0 Å². The van der Waals surface area contributed by atoms with Gasteiger partial charge in [-0.2, -0.15) is 0 Å². The lowest BCUT2D eigenvalue weighted by molar-refractivity contribution is -0.422. The lowest BCUT2D eigenvalue weighted by Crippen LogP contribution is -2.06. The second kappa shape index (κ2) is 6.27. The number of hydrogen-bond donors (Lipinski definition) is 2. The summed E-state index contributed by atoms with van der Waals surface area (Å²) in [5.41, 5.74) is 4.14. The van der Waals surface area contributed by atoms with E-state index >= 15 is 0 Å². The minimum absolute atomic E-state index is 0.543. The standard InChI is InChI=1S/C12H8N6O8/c13-7-3-1-5(9(15(19)20)11(7)17(23)24)6-2-4-8(14)12(18(25)26)10(6)16(21)22/h1-4H,13-14H2. The lowest BCUT2D eigenvalue weighted by Gasteiger charge is -2.07. The number of anilines is 2. The highest BCUT2D eigenvalue weighted by atomic mass is 16.6. The Bertz CT molecular complexity index is 909. The highest BCUT2D eigenvalue weighted by Gasteiger charge is 2.38. The maximum Gasteiger partial charge on any atom is 0.369 e. The molecule has 0 heterocycles. The maximum atomic E-state index is 11.4. The van der Waals surface area contributed by atoms with Crippen molar-refractivity contribution in [2.75, 3.05) is 11.5 Å². The van der Waals surface area contributed by atoms with Gasteiger partial charge in [-0.3, -0.25) is 40.5 Å². The molecule has 0 amide bonds. The molecule has 2 rings (SSSR count). The van der Waals surface area contributed by atoms with Crippen molar-refractivity contribution in [3.05, 3.63) is 64.7 Å². The number of nitro groups is 4. The van der Waals surface area contributed by atoms with Crippen LogP contribution in [0.1, 0.15) is 0 Å². The summed E-state index contributed by atoms with van der Waals surface area (Å²) >= 11 is 0. The Hall–Kier alpha value is -4.36. The molecule has 0 spiro atoms. The van der Waals surface area contributed by atoms with Crippen LogP contribution in [0.15, 0.2) is 24.3 Å². The molecule has 0 aliphatic heterocycles. The van der Waals surface area contributed by atoms with Crippen LogP contribution in [0.25, 0.3) is 11.1 Å². The van der Waals surface area contributed by atoms with Crippen LogP contribution in [0.4, 0.5) is 34.1 Å². The Morgan fingerprint density at radius 2 is 0.808 bits per heavy atom. The fraction of sp³-hybridized carbons (Fsp3) is 0. The van der Waals surface area contributed by atoms with Gasteiger partial charge >= 0.3 is 22.7 Å². The maximum absolute atomic E-state index is 11.4. The van der Waals surface area contributed by atoms with Crippen LogP contribution >= 0.6 is 0 Å². The topological polar surface area (TPSA) is 225 Å². The van der Waals surface area contributed by atoms with E-state index in [0.29, 0.717) is 0 Å². The monoisotopic (exact) mass is 364 g/mol. The summed E-state index contributed by atoms with van der Waals surface area (Å²) in [6.07, 6.45) is 0. The predicted octanol–water partition coefficient (Wildman–Crippen LogP) is 2.15. The molecule has 0 aliphatic rings. The van der Waals surface area contributed by atoms with E-state index in [4.69, 9.17) is 11.5 Å². The first-order valence-electron chi connectivity index (χ1n) is 6.50. The number of rotatable bonds is 5. The van der Waals surface area contributed by atoms with Crippen molar-refractivity contribution in [2.45, 2.75) is 0 Å². The van der Waals surface area contributed by atoms with Crippen LogP contribution in [0.3, 0.4) is 0 Å². The third-order valence-corrected chi connectivity index (χ3v) is 3.39. The van der Waals surface area contributed by atoms with Gasteiger partial charge in [0.2, 0.25) is 0 Å². The Labute approximate surface area is 142 Å². The molecule has 4 N–H and O–H groups in total. The molecule has 2 aromatic carbocycles. The van der Waals surface area contributed by atoms with Crippen molar-refractivity contribution in [3.63, 3.8) is 0 Å². The molecule has 0 saturated carbocycles. The Kier molecular flexibility index (Phi) is 4.34. The van der Waals surface area contributed by atoms with E-state index < -0.39 is 64.9 Å². The first-order chi connectivity index (χ1) is 12.1. The molecule has 26 heavy (non-hydrogen) atoms. The summed E-state index contributed by atoms with van der Waals surface area (Å²) < 4.78 is 0. The first kappa shape index (κ1) is 18.0. The number of nitrogen functional groups attached to an aromatic ring is 2. The van der Waals surface area contributed by atoms with Gasteiger partial charge in [-0.05, 0) is 24.3 Å². The van der Waals surface area contributed by atoms with E-state index in [-0.39, 0.29) is 0 Å². The van der Waals surface area contributed by atoms with Gasteiger partial charge in [-0.15, -0.1) is 0 Å². The fourth-order valence-electron chi connectivity index (χ4n) is 2.38. The summed E-state index contributed by atoms with van der Waals surface area (Å²) in [5, 5.41) is 45.0. The Morgan fingerprint density at radius 3 is 1.04 bits per heavy atom. The molecule has 0 atom stereocenters. The van der Waals surface area contributed by atoms with Crippen LogP contribution in [-0.4, -0.2) is 19.7 Å². The summed E-state index contributed by atoms with van der Waals surface area (Å²) in [6.45, 7) is 0. The van der Waals surface area contributed by atoms with Crippen molar-refractivity contribution in [3.8, 4) is 11.1 Å². The third kappa shape index (κ3) is 2.77. The van der Waals surface area contributed by atoms with Gasteiger partial charge in [0.1, 0.15) is 11.4 Å². The third-order valence-electron chi connectivity index (χ3n) is 3.39. The largest absolute Gasteiger partial charge is 0.393 e. The minimum atomic E-state index is -1.14. The summed E-state index contributed by atoms with van der Waals surface area (Å²) in [6, 6.07) is 3.74. The first-order valence-corrected chi connectivity index (χ1v) is 6.50. The van der Waals surface area contributed by atoms with Crippen molar-refractivity contribution in [1.82, 2.24) is 0 Å². The number of benzene rings is 2. The van der Waals surface area contributed by atoms with Crippen molar-refractivity contribution >= 4 is 34.1 Å². The van der Waals surface area contributed by atoms with Gasteiger partial charge in [0, 0.05) is 0 Å². The number of hydrogen-bond acceptors (Lipinski definition) is 10. The second-order valence-corrected chi connectivity index (χ2v) is 4.83. The SMILES string of the molecule is Nc1ccc(-c2ccc(N)c([N+](=O)[O-])c2[N+](=O)[O-])c([N+](=O)[O-])c1[N+](=O)[O-]. The quantitative estimate of drug-likeness (QED) is 0.446. The van der Waals surface area contributed by atoms with Crippen molar-refractivity contribution < 1.29 is 19.7 Å². The van der Waals surface area contributed by atoms with Crippen LogP contribution in [0.2, 0.25) is 0 Å². The van der Waals surface area contributed by atoms with E-state index in [0.717, 1.165) is 24.3 Å². The summed E-state index contributed by atoms with van der Waals surface area (Å²) in [5.74, 6) is 0. The second-order valence-electron chi connectivity index (χ2n) is 4.83. The van der Waals surface area contributed by atoms with E-state index in [1.165, 1.54) is 0 Å². The molecule has 134 valence electrons. The van der Waals surface area contributed by atoms with Gasteiger partial charge < -0.3 is 11.5 Å². The molecule has 0 unspecified atom stereocenters. The van der Waals surface area contributed by atoms with Crippen LogP contribution < -0.4 is 11.5 Å². The number of nitrogens with two attached hydrogens (primary N) is 2. The molecule has 0 saturated heterocycles. The van der Waals surface area contributed by atoms with E-state index in [2.05, 4.69) is 0 Å².